The average Bonchev–Trinajstić information content (AvgIpc) is 2.41. The van der Waals surface area contributed by atoms with Gasteiger partial charge in [-0.1, -0.05) is 6.07 Å². The van der Waals surface area contributed by atoms with Gasteiger partial charge in [0.05, 0.1) is 11.4 Å². The van der Waals surface area contributed by atoms with Gasteiger partial charge in [0, 0.05) is 35.8 Å². The minimum absolute atomic E-state index is 0.584. The van der Waals surface area contributed by atoms with Crippen LogP contribution in [0.1, 0.15) is 26.2 Å². The molecule has 0 amide bonds. The molecule has 3 heteroatoms. The molecular formula is C15H19N3. The van der Waals surface area contributed by atoms with E-state index in [4.69, 9.17) is 5.73 Å². The molecule has 0 bridgehead atoms. The quantitative estimate of drug-likeness (QED) is 0.780. The Morgan fingerprint density at radius 1 is 1.28 bits per heavy atom. The molecule has 3 rings (SSSR count). The molecule has 1 fully saturated rings. The first-order valence-electron chi connectivity index (χ1n) is 6.66. The molecule has 0 aliphatic carbocycles. The minimum atomic E-state index is 0.584. The van der Waals surface area contributed by atoms with Gasteiger partial charge in [-0.05, 0) is 38.3 Å². The van der Waals surface area contributed by atoms with E-state index in [1.807, 2.05) is 18.5 Å². The van der Waals surface area contributed by atoms with Crippen LogP contribution in [0.5, 0.6) is 0 Å². The van der Waals surface area contributed by atoms with Crippen LogP contribution in [0.15, 0.2) is 30.6 Å². The molecule has 2 heterocycles. The third-order valence-electron chi connectivity index (χ3n) is 3.95. The highest BCUT2D eigenvalue weighted by Crippen LogP contribution is 2.34. The molecule has 1 atom stereocenters. The second kappa shape index (κ2) is 4.48. The number of fused-ring (bicyclic) bond motifs is 1. The SMILES string of the molecule is CC1CCCCN1c1ccc2cnccc2c1N. The summed E-state index contributed by atoms with van der Waals surface area (Å²) in [4.78, 5) is 6.59. The van der Waals surface area contributed by atoms with E-state index in [0.717, 1.165) is 23.0 Å². The maximum Gasteiger partial charge on any atom is 0.0632 e. The van der Waals surface area contributed by atoms with Crippen LogP contribution in [-0.4, -0.2) is 17.6 Å². The van der Waals surface area contributed by atoms with E-state index < -0.39 is 0 Å². The molecular weight excluding hydrogens is 222 g/mol. The van der Waals surface area contributed by atoms with Gasteiger partial charge in [-0.15, -0.1) is 0 Å². The van der Waals surface area contributed by atoms with E-state index in [2.05, 4.69) is 28.9 Å². The summed E-state index contributed by atoms with van der Waals surface area (Å²) in [5.74, 6) is 0. The number of hydrogen-bond donors (Lipinski definition) is 1. The third kappa shape index (κ3) is 1.80. The fourth-order valence-corrected chi connectivity index (χ4v) is 2.89. The van der Waals surface area contributed by atoms with Crippen LogP contribution in [-0.2, 0) is 0 Å². The van der Waals surface area contributed by atoms with Gasteiger partial charge in [-0.2, -0.15) is 0 Å². The molecule has 3 nitrogen and oxygen atoms in total. The Bertz CT molecular complexity index is 565. The number of pyridine rings is 1. The Labute approximate surface area is 108 Å². The average molecular weight is 241 g/mol. The van der Waals surface area contributed by atoms with Gasteiger partial charge in [0.1, 0.15) is 0 Å². The summed E-state index contributed by atoms with van der Waals surface area (Å²) in [5.41, 5.74) is 8.42. The fraction of sp³-hybridized carbons (Fsp3) is 0.400. The number of anilines is 2. The Balaban J connectivity index is 2.09. The van der Waals surface area contributed by atoms with E-state index >= 15 is 0 Å². The number of rotatable bonds is 1. The Hall–Kier alpha value is -1.77. The molecule has 0 saturated carbocycles. The second-order valence-corrected chi connectivity index (χ2v) is 5.13. The van der Waals surface area contributed by atoms with Crippen molar-refractivity contribution >= 4 is 22.1 Å². The van der Waals surface area contributed by atoms with E-state index in [1.165, 1.54) is 24.9 Å². The summed E-state index contributed by atoms with van der Waals surface area (Å²) >= 11 is 0. The van der Waals surface area contributed by atoms with Crippen LogP contribution >= 0.6 is 0 Å². The van der Waals surface area contributed by atoms with Crippen LogP contribution in [0.25, 0.3) is 10.8 Å². The maximum atomic E-state index is 6.34. The van der Waals surface area contributed by atoms with Crippen molar-refractivity contribution < 1.29 is 0 Å². The molecule has 2 aromatic rings. The smallest absolute Gasteiger partial charge is 0.0632 e. The number of nitrogens with zero attached hydrogens (tertiary/aromatic N) is 2. The van der Waals surface area contributed by atoms with Crippen LogP contribution in [0, 0.1) is 0 Å². The number of aromatic nitrogens is 1. The maximum absolute atomic E-state index is 6.34. The van der Waals surface area contributed by atoms with E-state index in [9.17, 15) is 0 Å². The van der Waals surface area contributed by atoms with Crippen LogP contribution in [0.4, 0.5) is 11.4 Å². The lowest BCUT2D eigenvalue weighted by molar-refractivity contribution is 0.485. The summed E-state index contributed by atoms with van der Waals surface area (Å²) in [7, 11) is 0. The number of piperidine rings is 1. The molecule has 0 radical (unpaired) electrons. The first-order valence-corrected chi connectivity index (χ1v) is 6.66. The second-order valence-electron chi connectivity index (χ2n) is 5.13. The minimum Gasteiger partial charge on any atom is -0.397 e. The summed E-state index contributed by atoms with van der Waals surface area (Å²) in [6, 6.07) is 6.85. The van der Waals surface area contributed by atoms with Gasteiger partial charge in [0.25, 0.3) is 0 Å². The molecule has 1 aromatic carbocycles. The lowest BCUT2D eigenvalue weighted by Gasteiger charge is -2.36. The van der Waals surface area contributed by atoms with Gasteiger partial charge in [-0.3, -0.25) is 4.98 Å². The highest BCUT2D eigenvalue weighted by Gasteiger charge is 2.20. The Morgan fingerprint density at radius 2 is 2.17 bits per heavy atom. The zero-order chi connectivity index (χ0) is 12.5. The number of nitrogens with two attached hydrogens (primary N) is 1. The fourth-order valence-electron chi connectivity index (χ4n) is 2.89. The zero-order valence-electron chi connectivity index (χ0n) is 10.8. The molecule has 0 spiro atoms. The van der Waals surface area contributed by atoms with Crippen molar-refractivity contribution in [2.24, 2.45) is 0 Å². The first-order chi connectivity index (χ1) is 8.77. The molecule has 1 saturated heterocycles. The highest BCUT2D eigenvalue weighted by atomic mass is 15.2. The monoisotopic (exact) mass is 241 g/mol. The summed E-state index contributed by atoms with van der Waals surface area (Å²) in [5, 5.41) is 2.23. The van der Waals surface area contributed by atoms with E-state index in [1.54, 1.807) is 0 Å². The van der Waals surface area contributed by atoms with Crippen molar-refractivity contribution in [3.63, 3.8) is 0 Å². The molecule has 1 aliphatic rings. The Morgan fingerprint density at radius 3 is 3.00 bits per heavy atom. The lowest BCUT2D eigenvalue weighted by Crippen LogP contribution is -2.37. The van der Waals surface area contributed by atoms with Gasteiger partial charge in [-0.25, -0.2) is 0 Å². The van der Waals surface area contributed by atoms with Crippen molar-refractivity contribution in [1.82, 2.24) is 4.98 Å². The van der Waals surface area contributed by atoms with E-state index in [-0.39, 0.29) is 0 Å². The predicted octanol–water partition coefficient (Wildman–Crippen LogP) is 3.20. The lowest BCUT2D eigenvalue weighted by atomic mass is 10.0. The zero-order valence-corrected chi connectivity index (χ0v) is 10.8. The third-order valence-corrected chi connectivity index (χ3v) is 3.95. The molecule has 1 aliphatic heterocycles. The van der Waals surface area contributed by atoms with E-state index in [0.29, 0.717) is 6.04 Å². The van der Waals surface area contributed by atoms with Crippen molar-refractivity contribution in [3.05, 3.63) is 30.6 Å². The highest BCUT2D eigenvalue weighted by molar-refractivity contribution is 5.98. The molecule has 94 valence electrons. The van der Waals surface area contributed by atoms with Gasteiger partial charge >= 0.3 is 0 Å². The number of benzene rings is 1. The predicted molar refractivity (Wildman–Crippen MR) is 76.8 cm³/mol. The summed E-state index contributed by atoms with van der Waals surface area (Å²) in [6.07, 6.45) is 7.53. The first kappa shape index (κ1) is 11.3. The van der Waals surface area contributed by atoms with Crippen LogP contribution < -0.4 is 10.6 Å². The van der Waals surface area contributed by atoms with Gasteiger partial charge in [0.2, 0.25) is 0 Å². The van der Waals surface area contributed by atoms with Crippen molar-refractivity contribution in [3.8, 4) is 0 Å². The number of nitrogen functional groups attached to an aromatic ring is 1. The summed E-state index contributed by atoms with van der Waals surface area (Å²) in [6.45, 7) is 3.40. The standard InChI is InChI=1S/C15H19N3/c1-11-4-2-3-9-18(11)14-6-5-12-10-17-8-7-13(12)15(14)16/h5-8,10-11H,2-4,9,16H2,1H3. The largest absolute Gasteiger partial charge is 0.397 e. The Kier molecular flexibility index (Phi) is 2.82. The molecule has 1 unspecified atom stereocenters. The molecule has 18 heavy (non-hydrogen) atoms. The van der Waals surface area contributed by atoms with Crippen LogP contribution in [0.2, 0.25) is 0 Å². The number of hydrogen-bond acceptors (Lipinski definition) is 3. The van der Waals surface area contributed by atoms with Crippen molar-refractivity contribution in [2.45, 2.75) is 32.2 Å². The summed E-state index contributed by atoms with van der Waals surface area (Å²) < 4.78 is 0. The normalized spacial score (nSPS) is 20.3. The van der Waals surface area contributed by atoms with Gasteiger partial charge in [0.15, 0.2) is 0 Å². The topological polar surface area (TPSA) is 42.2 Å². The van der Waals surface area contributed by atoms with Crippen molar-refractivity contribution in [1.29, 1.82) is 0 Å². The van der Waals surface area contributed by atoms with Crippen LogP contribution in [0.3, 0.4) is 0 Å². The van der Waals surface area contributed by atoms with Gasteiger partial charge < -0.3 is 10.6 Å². The molecule has 2 N–H and O–H groups in total. The molecule has 1 aromatic heterocycles. The van der Waals surface area contributed by atoms with Crippen molar-refractivity contribution in [2.75, 3.05) is 17.2 Å².